The number of carbonyl (C=O) groups excluding carboxylic acids is 1. The standard InChI is InChI=1S/C28H14F30O6/c29-9-8(61)10(30)19(39,40)12(32,21(43,44)13(33,18(9,37)38)20(10,41)42)11(9,31)28(57,58)64-4-6(59)1-2-62-3-7(60)5-63-17-25(51,52)14(34)22(45,46)15(35,26(17,53)54)24(49,50)16(36,23(14,47)48)27(17,55)56/h6-7,59-60H,1-5H2. The first-order valence-electron chi connectivity index (χ1n) is 16.3. The summed E-state index contributed by atoms with van der Waals surface area (Å²) in [5.41, 5.74) is -71.9. The summed E-state index contributed by atoms with van der Waals surface area (Å²) in [4.78, 5) is 12.1. The van der Waals surface area contributed by atoms with Gasteiger partial charge in [0.25, 0.3) is 22.6 Å². The van der Waals surface area contributed by atoms with Gasteiger partial charge >= 0.3 is 93.7 Å². The number of carbonyl (C=O) groups is 1. The van der Waals surface area contributed by atoms with E-state index in [1.165, 1.54) is 0 Å². The number of alkyl halides is 30. The van der Waals surface area contributed by atoms with Gasteiger partial charge in [-0.3, -0.25) is 4.79 Å². The van der Waals surface area contributed by atoms with Crippen LogP contribution < -0.4 is 0 Å². The Labute approximate surface area is 329 Å². The molecule has 7 atom stereocenters. The maximum absolute atomic E-state index is 15.9. The van der Waals surface area contributed by atoms with Crippen LogP contribution in [0.5, 0.6) is 0 Å². The molecule has 0 saturated heterocycles. The molecular formula is C28H14F30O6. The number of aliphatic hydroxyl groups excluding tert-OH is 2. The van der Waals surface area contributed by atoms with Crippen molar-refractivity contribution in [1.29, 1.82) is 0 Å². The molecule has 0 spiro atoms. The Balaban J connectivity index is 1.18. The van der Waals surface area contributed by atoms with Gasteiger partial charge < -0.3 is 24.4 Å². The minimum atomic E-state index is -8.40. The lowest BCUT2D eigenvalue weighted by molar-refractivity contribution is -0.619. The summed E-state index contributed by atoms with van der Waals surface area (Å²) in [7, 11) is 0. The third-order valence-electron chi connectivity index (χ3n) is 12.5. The first kappa shape index (κ1) is 50.8. The molecule has 2 N–H and O–H groups in total. The molecule has 8 saturated carbocycles. The van der Waals surface area contributed by atoms with E-state index in [2.05, 4.69) is 14.2 Å². The minimum absolute atomic E-state index is 1.67. The molecule has 0 aromatic heterocycles. The zero-order chi connectivity index (χ0) is 50.4. The topological polar surface area (TPSA) is 85.2 Å². The van der Waals surface area contributed by atoms with E-state index >= 15 is 61.5 Å². The number of hydrogen-bond donors (Lipinski definition) is 2. The monoisotopic (exact) mass is 1020 g/mol. The van der Waals surface area contributed by atoms with Crippen molar-refractivity contribution in [2.75, 3.05) is 26.4 Å². The number of ether oxygens (including phenoxy) is 3. The average Bonchev–Trinajstić information content (AvgIpc) is 3.14. The molecular weight excluding hydrogens is 1000 g/mol. The van der Waals surface area contributed by atoms with Gasteiger partial charge in [-0.2, -0.15) is 96.6 Å². The van der Waals surface area contributed by atoms with Crippen LogP contribution in [0.1, 0.15) is 6.42 Å². The van der Waals surface area contributed by atoms with Gasteiger partial charge in [0.15, 0.2) is 0 Å². The summed E-state index contributed by atoms with van der Waals surface area (Å²) >= 11 is 0. The molecule has 372 valence electrons. The van der Waals surface area contributed by atoms with E-state index in [0.717, 1.165) is 0 Å². The molecule has 8 rings (SSSR count). The molecule has 8 bridgehead atoms. The van der Waals surface area contributed by atoms with Gasteiger partial charge in [0.2, 0.25) is 5.78 Å². The fourth-order valence-electron chi connectivity index (χ4n) is 9.21. The molecule has 0 radical (unpaired) electrons. The highest BCUT2D eigenvalue weighted by atomic mass is 19.4. The van der Waals surface area contributed by atoms with Crippen molar-refractivity contribution < 1.29 is 161 Å². The van der Waals surface area contributed by atoms with E-state index in [-0.39, 0.29) is 0 Å². The van der Waals surface area contributed by atoms with Gasteiger partial charge in [-0.15, -0.1) is 0 Å². The molecule has 6 nitrogen and oxygen atoms in total. The van der Waals surface area contributed by atoms with Crippen LogP contribution in [0.4, 0.5) is 132 Å². The van der Waals surface area contributed by atoms with Crippen LogP contribution in [0.2, 0.25) is 0 Å². The Morgan fingerprint density at radius 1 is 0.422 bits per heavy atom. The van der Waals surface area contributed by atoms with Crippen LogP contribution >= 0.6 is 0 Å². The molecule has 0 aliphatic heterocycles. The van der Waals surface area contributed by atoms with Crippen LogP contribution in [0.15, 0.2) is 0 Å². The van der Waals surface area contributed by atoms with Crippen LogP contribution in [-0.4, -0.2) is 171 Å². The highest BCUT2D eigenvalue weighted by molar-refractivity contribution is 6.04. The second-order valence-electron chi connectivity index (χ2n) is 15.3. The van der Waals surface area contributed by atoms with E-state index in [9.17, 15) is 85.3 Å². The number of aliphatic hydroxyl groups is 2. The van der Waals surface area contributed by atoms with Gasteiger partial charge in [-0.05, 0) is 6.42 Å². The number of hydrogen-bond acceptors (Lipinski definition) is 6. The largest absolute Gasteiger partial charge is 0.397 e. The number of rotatable bonds is 12. The molecule has 7 unspecified atom stereocenters. The summed E-state index contributed by atoms with van der Waals surface area (Å²) in [5.74, 6) is -86.7. The van der Waals surface area contributed by atoms with E-state index in [1.54, 1.807) is 0 Å². The van der Waals surface area contributed by atoms with Crippen molar-refractivity contribution in [3.05, 3.63) is 0 Å². The van der Waals surface area contributed by atoms with Gasteiger partial charge in [0.05, 0.1) is 25.9 Å². The molecule has 64 heavy (non-hydrogen) atoms. The Hall–Kier alpha value is -2.63. The van der Waals surface area contributed by atoms with E-state index in [0.29, 0.717) is 0 Å². The van der Waals surface area contributed by atoms with Crippen molar-refractivity contribution in [3.63, 3.8) is 0 Å². The fraction of sp³-hybridized carbons (Fsp3) is 0.964. The lowest BCUT2D eigenvalue weighted by atomic mass is 9.38. The van der Waals surface area contributed by atoms with Gasteiger partial charge in [0, 0.05) is 6.61 Å². The molecule has 8 aliphatic rings. The van der Waals surface area contributed by atoms with Crippen molar-refractivity contribution in [1.82, 2.24) is 0 Å². The van der Waals surface area contributed by atoms with Crippen molar-refractivity contribution in [2.45, 2.75) is 135 Å². The zero-order valence-electron chi connectivity index (χ0n) is 29.1. The summed E-state index contributed by atoms with van der Waals surface area (Å²) < 4.78 is 459. The second-order valence-corrected chi connectivity index (χ2v) is 15.3. The van der Waals surface area contributed by atoms with Crippen LogP contribution in [0.25, 0.3) is 0 Å². The molecule has 0 amide bonds. The maximum atomic E-state index is 15.9. The molecule has 8 fully saturated rings. The molecule has 0 aromatic rings. The van der Waals surface area contributed by atoms with Gasteiger partial charge in [0.1, 0.15) is 6.10 Å². The number of ketones is 1. The predicted octanol–water partition coefficient (Wildman–Crippen LogP) is 7.15. The van der Waals surface area contributed by atoms with Crippen molar-refractivity contribution >= 4 is 5.78 Å². The van der Waals surface area contributed by atoms with Crippen LogP contribution in [-0.2, 0) is 19.0 Å². The number of Topliss-reactive ketones (excluding diaryl/α,β-unsaturated/α-hetero) is 1. The summed E-state index contributed by atoms with van der Waals surface area (Å²) in [6.07, 6.45) is -15.8. The lowest BCUT2D eigenvalue weighted by Crippen LogP contribution is -3.10. The highest BCUT2D eigenvalue weighted by Gasteiger charge is 3.24. The Morgan fingerprint density at radius 2 is 0.750 bits per heavy atom. The smallest absolute Gasteiger partial charge is 0.391 e. The third kappa shape index (κ3) is 3.65. The Morgan fingerprint density at radius 3 is 1.14 bits per heavy atom. The average molecular weight is 1020 g/mol. The van der Waals surface area contributed by atoms with E-state index in [1.807, 2.05) is 0 Å². The van der Waals surface area contributed by atoms with Crippen LogP contribution in [0.3, 0.4) is 0 Å². The molecule has 36 heteroatoms. The van der Waals surface area contributed by atoms with E-state index < -0.39 is 167 Å². The highest BCUT2D eigenvalue weighted by Crippen LogP contribution is 2.90. The maximum Gasteiger partial charge on any atom is 0.397 e. The predicted molar refractivity (Wildman–Crippen MR) is 132 cm³/mol. The van der Waals surface area contributed by atoms with E-state index in [4.69, 9.17) is 0 Å². The summed E-state index contributed by atoms with van der Waals surface area (Å²) in [5, 5.41) is 19.5. The quantitative estimate of drug-likeness (QED) is 0.160. The fourth-order valence-corrected chi connectivity index (χ4v) is 9.21. The lowest BCUT2D eigenvalue weighted by Gasteiger charge is -2.74. The molecule has 8 aliphatic carbocycles. The van der Waals surface area contributed by atoms with Gasteiger partial charge in [-0.1, -0.05) is 0 Å². The molecule has 0 aromatic carbocycles. The van der Waals surface area contributed by atoms with Crippen LogP contribution in [0, 0.1) is 0 Å². The summed E-state index contributed by atoms with van der Waals surface area (Å²) in [6.45, 7) is -9.50. The molecule has 0 heterocycles. The Bertz CT molecular complexity index is 1910. The summed E-state index contributed by atoms with van der Waals surface area (Å²) in [6, 6.07) is 0. The van der Waals surface area contributed by atoms with Gasteiger partial charge in [-0.25, -0.2) is 35.1 Å². The van der Waals surface area contributed by atoms with Crippen molar-refractivity contribution in [3.8, 4) is 0 Å². The first-order valence-corrected chi connectivity index (χ1v) is 16.3. The van der Waals surface area contributed by atoms with Crippen molar-refractivity contribution in [2.24, 2.45) is 0 Å². The zero-order valence-corrected chi connectivity index (χ0v) is 29.1. The first-order chi connectivity index (χ1) is 27.9. The minimum Gasteiger partial charge on any atom is -0.391 e. The normalized spacial score (nSPS) is 48.0. The number of halogens is 30. The second kappa shape index (κ2) is 11.8. The third-order valence-corrected chi connectivity index (χ3v) is 12.5. The Kier molecular flexibility index (Phi) is 9.35. The SMILES string of the molecule is O=C1C2(F)C(F)(F)C3(F)C(F)(F)C1(F)C(F)(C(F)(F)OCC(O)CCOCC(O)COC14C(F)(F)C5(F)C(F)(F)C(F)(C(F)(F)C(F)(C5(F)F)C1(F)F)C4(F)F)C(F)(C2(F)F)C3(F)F.